The highest BCUT2D eigenvalue weighted by molar-refractivity contribution is 7.71. The molecular weight excluding hydrogens is 404 g/mol. The van der Waals surface area contributed by atoms with Gasteiger partial charge in [0.2, 0.25) is 5.91 Å². The summed E-state index contributed by atoms with van der Waals surface area (Å²) in [6, 6.07) is 16.9. The topological polar surface area (TPSA) is 75.8 Å². The van der Waals surface area contributed by atoms with E-state index in [4.69, 9.17) is 16.6 Å². The van der Waals surface area contributed by atoms with Crippen LogP contribution < -0.4 is 5.32 Å². The van der Waals surface area contributed by atoms with E-state index in [-0.39, 0.29) is 5.91 Å². The van der Waals surface area contributed by atoms with E-state index in [0.717, 1.165) is 26.8 Å². The fourth-order valence-electron chi connectivity index (χ4n) is 3.41. The predicted octanol–water partition coefficient (Wildman–Crippen LogP) is 5.77. The van der Waals surface area contributed by atoms with Crippen molar-refractivity contribution in [3.05, 3.63) is 64.7 Å². The lowest BCUT2D eigenvalue weighted by atomic mass is 10.1. The van der Waals surface area contributed by atoms with E-state index in [0.29, 0.717) is 16.3 Å². The first-order valence-electron chi connectivity index (χ1n) is 9.05. The first-order valence-corrected chi connectivity index (χ1v) is 10.3. The third-order valence-corrected chi connectivity index (χ3v) is 6.01. The van der Waals surface area contributed by atoms with Gasteiger partial charge in [-0.3, -0.25) is 14.5 Å². The number of para-hydroxylation sites is 1. The van der Waals surface area contributed by atoms with Crippen molar-refractivity contribution >= 4 is 57.1 Å². The number of nitrogens with zero attached hydrogens (tertiary/aromatic N) is 2. The van der Waals surface area contributed by atoms with Gasteiger partial charge in [-0.1, -0.05) is 24.3 Å². The fraction of sp³-hybridized carbons (Fsp3) is 0.0952. The predicted molar refractivity (Wildman–Crippen MR) is 118 cm³/mol. The number of benzene rings is 2. The second-order valence-corrected chi connectivity index (χ2v) is 8.01. The van der Waals surface area contributed by atoms with Crippen molar-refractivity contribution in [2.24, 2.45) is 0 Å². The minimum atomic E-state index is -0.537. The Labute approximate surface area is 174 Å². The van der Waals surface area contributed by atoms with Crippen molar-refractivity contribution < 1.29 is 9.21 Å². The normalized spacial score (nSPS) is 12.4. The zero-order valence-electron chi connectivity index (χ0n) is 15.4. The van der Waals surface area contributed by atoms with Crippen LogP contribution in [0.15, 0.2) is 64.4 Å². The van der Waals surface area contributed by atoms with Crippen LogP contribution in [0.3, 0.4) is 0 Å². The molecule has 1 amide bonds. The molecule has 0 saturated carbocycles. The van der Waals surface area contributed by atoms with Gasteiger partial charge in [-0.05, 0) is 48.8 Å². The Balaban J connectivity index is 1.45. The monoisotopic (exact) mass is 420 g/mol. The number of thiophene rings is 1. The van der Waals surface area contributed by atoms with E-state index in [1.54, 1.807) is 22.8 Å². The maximum absolute atomic E-state index is 12.9. The summed E-state index contributed by atoms with van der Waals surface area (Å²) in [6.07, 6.45) is 0. The van der Waals surface area contributed by atoms with Gasteiger partial charge in [-0.15, -0.1) is 11.3 Å². The van der Waals surface area contributed by atoms with E-state index >= 15 is 0 Å². The van der Waals surface area contributed by atoms with Gasteiger partial charge in [0.15, 0.2) is 10.6 Å². The Morgan fingerprint density at radius 2 is 2.00 bits per heavy atom. The zero-order valence-corrected chi connectivity index (χ0v) is 17.0. The van der Waals surface area contributed by atoms with Crippen molar-refractivity contribution in [1.29, 1.82) is 0 Å². The molecule has 0 saturated heterocycles. The van der Waals surface area contributed by atoms with E-state index in [9.17, 15) is 4.79 Å². The average molecular weight is 421 g/mol. The Morgan fingerprint density at radius 1 is 1.17 bits per heavy atom. The number of hydrogen-bond donors (Lipinski definition) is 2. The van der Waals surface area contributed by atoms with E-state index in [1.165, 1.54) is 0 Å². The van der Waals surface area contributed by atoms with E-state index < -0.39 is 6.04 Å². The van der Waals surface area contributed by atoms with Crippen molar-refractivity contribution in [3.63, 3.8) is 0 Å². The number of furan rings is 1. The van der Waals surface area contributed by atoms with Crippen LogP contribution in [0.1, 0.15) is 13.0 Å². The number of rotatable bonds is 4. The average Bonchev–Trinajstić information content (AvgIpc) is 3.45. The molecule has 144 valence electrons. The molecule has 0 bridgehead atoms. The van der Waals surface area contributed by atoms with Gasteiger partial charge in [-0.2, -0.15) is 5.10 Å². The third-order valence-electron chi connectivity index (χ3n) is 4.86. The molecule has 1 atom stereocenters. The van der Waals surface area contributed by atoms with Crippen LogP contribution in [0, 0.1) is 4.77 Å². The molecule has 0 fully saturated rings. The Morgan fingerprint density at radius 3 is 2.83 bits per heavy atom. The molecule has 3 heterocycles. The number of carbonyl (C=O) groups is 1. The molecule has 6 nitrogen and oxygen atoms in total. The number of fused-ring (bicyclic) bond motifs is 3. The van der Waals surface area contributed by atoms with Gasteiger partial charge in [0.05, 0.1) is 4.88 Å². The summed E-state index contributed by atoms with van der Waals surface area (Å²) < 4.78 is 8.05. The number of H-pyrrole nitrogens is 1. The minimum Gasteiger partial charge on any atom is -0.456 e. The third kappa shape index (κ3) is 3.06. The van der Waals surface area contributed by atoms with E-state index in [1.807, 2.05) is 60.0 Å². The van der Waals surface area contributed by atoms with Crippen molar-refractivity contribution in [1.82, 2.24) is 14.8 Å². The van der Waals surface area contributed by atoms with Crippen LogP contribution in [0.5, 0.6) is 0 Å². The molecule has 5 rings (SSSR count). The van der Waals surface area contributed by atoms with Gasteiger partial charge >= 0.3 is 0 Å². The second-order valence-electron chi connectivity index (χ2n) is 6.67. The lowest BCUT2D eigenvalue weighted by molar-refractivity contribution is -0.118. The molecule has 29 heavy (non-hydrogen) atoms. The van der Waals surface area contributed by atoms with Crippen LogP contribution in [0.4, 0.5) is 5.69 Å². The summed E-state index contributed by atoms with van der Waals surface area (Å²) in [4.78, 5) is 13.9. The van der Waals surface area contributed by atoms with Gasteiger partial charge < -0.3 is 9.73 Å². The second kappa shape index (κ2) is 6.98. The molecule has 0 aliphatic heterocycles. The summed E-state index contributed by atoms with van der Waals surface area (Å²) in [5.74, 6) is 0.469. The Kier molecular flexibility index (Phi) is 4.30. The number of amides is 1. The Bertz CT molecular complexity index is 1400. The molecule has 0 radical (unpaired) electrons. The highest BCUT2D eigenvalue weighted by atomic mass is 32.1. The molecular formula is C21H16N4O2S2. The molecule has 2 aromatic carbocycles. The van der Waals surface area contributed by atoms with Crippen LogP contribution in [0.25, 0.3) is 32.6 Å². The highest BCUT2D eigenvalue weighted by Gasteiger charge is 2.21. The molecule has 3 aromatic heterocycles. The molecule has 0 aliphatic carbocycles. The smallest absolute Gasteiger partial charge is 0.247 e. The van der Waals surface area contributed by atoms with Crippen LogP contribution in [-0.2, 0) is 4.79 Å². The maximum Gasteiger partial charge on any atom is 0.247 e. The quantitative estimate of drug-likeness (QED) is 0.362. The van der Waals surface area contributed by atoms with Gasteiger partial charge in [0.25, 0.3) is 0 Å². The molecule has 5 aromatic rings. The summed E-state index contributed by atoms with van der Waals surface area (Å²) >= 11 is 6.91. The van der Waals surface area contributed by atoms with Crippen LogP contribution >= 0.6 is 23.6 Å². The molecule has 8 heteroatoms. The van der Waals surface area contributed by atoms with Crippen LogP contribution in [-0.4, -0.2) is 20.7 Å². The van der Waals surface area contributed by atoms with Gasteiger partial charge in [-0.25, -0.2) is 0 Å². The highest BCUT2D eigenvalue weighted by Crippen LogP contribution is 2.31. The summed E-state index contributed by atoms with van der Waals surface area (Å²) in [6.45, 7) is 1.80. The van der Waals surface area contributed by atoms with Crippen molar-refractivity contribution in [2.45, 2.75) is 13.0 Å². The lowest BCUT2D eigenvalue weighted by Gasteiger charge is -2.15. The number of carbonyl (C=O) groups excluding carboxylic acids is 1. The molecule has 1 unspecified atom stereocenters. The van der Waals surface area contributed by atoms with Gasteiger partial charge in [0, 0.05) is 22.5 Å². The lowest BCUT2D eigenvalue weighted by Crippen LogP contribution is -2.24. The first-order chi connectivity index (χ1) is 14.1. The first kappa shape index (κ1) is 17.8. The van der Waals surface area contributed by atoms with Crippen molar-refractivity contribution in [3.8, 4) is 10.7 Å². The fourth-order valence-corrected chi connectivity index (χ4v) is 4.41. The van der Waals surface area contributed by atoms with Crippen molar-refractivity contribution in [2.75, 3.05) is 5.32 Å². The molecule has 2 N–H and O–H groups in total. The van der Waals surface area contributed by atoms with E-state index in [2.05, 4.69) is 15.5 Å². The number of hydrogen-bond acceptors (Lipinski definition) is 5. The summed E-state index contributed by atoms with van der Waals surface area (Å²) in [5.41, 5.74) is 2.22. The van der Waals surface area contributed by atoms with Gasteiger partial charge in [0.1, 0.15) is 17.2 Å². The van der Waals surface area contributed by atoms with Crippen LogP contribution in [0.2, 0.25) is 0 Å². The molecule has 0 aliphatic rings. The maximum atomic E-state index is 12.9. The Hall–Kier alpha value is -3.23. The summed E-state index contributed by atoms with van der Waals surface area (Å²) in [7, 11) is 0. The summed E-state index contributed by atoms with van der Waals surface area (Å²) in [5, 5.41) is 14.1. The number of aromatic nitrogens is 3. The number of anilines is 1. The standard InChI is InChI=1S/C21H16N4O2S2/c1-12(25-19(23-24-21(25)28)18-7-4-10-29-18)20(26)22-13-8-9-15-14-5-2-3-6-16(14)27-17(15)11-13/h2-12H,1H3,(H,22,26)(H,24,28). The molecule has 0 spiro atoms. The number of aromatic amines is 1. The minimum absolute atomic E-state index is 0.184. The number of nitrogens with one attached hydrogen (secondary N) is 2. The largest absolute Gasteiger partial charge is 0.456 e. The zero-order chi connectivity index (χ0) is 20.0. The SMILES string of the molecule is CC(C(=O)Nc1ccc2c(c1)oc1ccccc12)n1c(-c2cccs2)n[nH]c1=S.